The molecule has 20 heavy (non-hydrogen) atoms. The van der Waals surface area contributed by atoms with E-state index in [-0.39, 0.29) is 16.6 Å². The van der Waals surface area contributed by atoms with Gasteiger partial charge in [0.25, 0.3) is 5.91 Å². The van der Waals surface area contributed by atoms with Gasteiger partial charge in [-0.1, -0.05) is 0 Å². The molecular formula is C13H12N2O4S. The number of aromatic carboxylic acids is 1. The van der Waals surface area contributed by atoms with Gasteiger partial charge in [-0.3, -0.25) is 4.79 Å². The third-order valence-corrected chi connectivity index (χ3v) is 3.50. The van der Waals surface area contributed by atoms with Crippen molar-refractivity contribution in [2.75, 3.05) is 19.1 Å². The lowest BCUT2D eigenvalue weighted by molar-refractivity contribution is 0.0691. The SMILES string of the molecule is COc1ccc(N(C)C(=O)c2nc(C(=O)O)cs2)cc1. The van der Waals surface area contributed by atoms with Gasteiger partial charge in [0, 0.05) is 18.1 Å². The lowest BCUT2D eigenvalue weighted by atomic mass is 10.3. The van der Waals surface area contributed by atoms with Crippen molar-refractivity contribution >= 4 is 28.9 Å². The molecule has 1 N–H and O–H groups in total. The standard InChI is InChI=1S/C13H12N2O4S/c1-15(8-3-5-9(19-2)6-4-8)12(16)11-14-10(7-20-11)13(17)18/h3-7H,1-2H3,(H,17,18). The van der Waals surface area contributed by atoms with E-state index >= 15 is 0 Å². The van der Waals surface area contributed by atoms with Crippen molar-refractivity contribution in [1.82, 2.24) is 4.98 Å². The van der Waals surface area contributed by atoms with Gasteiger partial charge < -0.3 is 14.7 Å². The number of rotatable bonds is 4. The quantitative estimate of drug-likeness (QED) is 0.933. The van der Waals surface area contributed by atoms with Crippen LogP contribution in [0.25, 0.3) is 0 Å². The minimum absolute atomic E-state index is 0.124. The monoisotopic (exact) mass is 292 g/mol. The van der Waals surface area contributed by atoms with E-state index in [1.165, 1.54) is 10.3 Å². The second-order valence-corrected chi connectivity index (χ2v) is 4.76. The third kappa shape index (κ3) is 2.77. The number of nitrogens with zero attached hydrogens (tertiary/aromatic N) is 2. The zero-order valence-corrected chi connectivity index (χ0v) is 11.7. The van der Waals surface area contributed by atoms with Gasteiger partial charge in [0.2, 0.25) is 0 Å². The average Bonchev–Trinajstić information content (AvgIpc) is 2.96. The largest absolute Gasteiger partial charge is 0.497 e. The van der Waals surface area contributed by atoms with Crippen molar-refractivity contribution < 1.29 is 19.4 Å². The van der Waals surface area contributed by atoms with Crippen LogP contribution in [0.1, 0.15) is 20.3 Å². The van der Waals surface area contributed by atoms with Gasteiger partial charge in [-0.05, 0) is 24.3 Å². The Kier molecular flexibility index (Phi) is 3.99. The van der Waals surface area contributed by atoms with E-state index in [1.54, 1.807) is 38.4 Å². The number of methoxy groups -OCH3 is 1. The summed E-state index contributed by atoms with van der Waals surface area (Å²) < 4.78 is 5.04. The van der Waals surface area contributed by atoms with E-state index in [0.717, 1.165) is 11.3 Å². The number of hydrogen-bond donors (Lipinski definition) is 1. The molecule has 0 atom stereocenters. The molecule has 1 aromatic carbocycles. The fraction of sp³-hybridized carbons (Fsp3) is 0.154. The van der Waals surface area contributed by atoms with Crippen molar-refractivity contribution in [2.45, 2.75) is 0 Å². The topological polar surface area (TPSA) is 79.7 Å². The zero-order valence-electron chi connectivity index (χ0n) is 10.9. The minimum Gasteiger partial charge on any atom is -0.497 e. The Morgan fingerprint density at radius 3 is 2.45 bits per heavy atom. The molecule has 1 heterocycles. The summed E-state index contributed by atoms with van der Waals surface area (Å²) in [5.41, 5.74) is 0.546. The maximum Gasteiger partial charge on any atom is 0.355 e. The molecule has 0 saturated carbocycles. The van der Waals surface area contributed by atoms with Crippen LogP contribution in [0, 0.1) is 0 Å². The first kappa shape index (κ1) is 14.0. The predicted octanol–water partition coefficient (Wildman–Crippen LogP) is 2.13. The van der Waals surface area contributed by atoms with Crippen LogP contribution in [-0.2, 0) is 0 Å². The number of carboxylic acid groups (broad SMARTS) is 1. The second kappa shape index (κ2) is 5.70. The average molecular weight is 292 g/mol. The molecular weight excluding hydrogens is 280 g/mol. The number of amides is 1. The molecule has 0 aliphatic carbocycles. The molecule has 0 aliphatic rings. The maximum atomic E-state index is 12.2. The highest BCUT2D eigenvalue weighted by Crippen LogP contribution is 2.21. The molecule has 104 valence electrons. The Bertz CT molecular complexity index is 636. The Hall–Kier alpha value is -2.41. The Morgan fingerprint density at radius 1 is 1.30 bits per heavy atom. The van der Waals surface area contributed by atoms with Crippen LogP contribution in [0.4, 0.5) is 5.69 Å². The normalized spacial score (nSPS) is 10.1. The molecule has 0 fully saturated rings. The van der Waals surface area contributed by atoms with Crippen molar-refractivity contribution in [3.8, 4) is 5.75 Å². The number of carbonyl (C=O) groups is 2. The Balaban J connectivity index is 2.20. The summed E-state index contributed by atoms with van der Waals surface area (Å²) >= 11 is 1.01. The molecule has 0 saturated heterocycles. The minimum atomic E-state index is -1.15. The van der Waals surface area contributed by atoms with Gasteiger partial charge in [0.1, 0.15) is 5.75 Å². The summed E-state index contributed by atoms with van der Waals surface area (Å²) in [7, 11) is 3.17. The van der Waals surface area contributed by atoms with E-state index in [4.69, 9.17) is 9.84 Å². The van der Waals surface area contributed by atoms with Crippen LogP contribution >= 0.6 is 11.3 Å². The van der Waals surface area contributed by atoms with Crippen molar-refractivity contribution in [1.29, 1.82) is 0 Å². The van der Waals surface area contributed by atoms with Gasteiger partial charge in [-0.2, -0.15) is 0 Å². The fourth-order valence-electron chi connectivity index (χ4n) is 1.54. The highest BCUT2D eigenvalue weighted by atomic mass is 32.1. The highest BCUT2D eigenvalue weighted by molar-refractivity contribution is 7.12. The third-order valence-electron chi connectivity index (χ3n) is 2.67. The second-order valence-electron chi connectivity index (χ2n) is 3.91. The predicted molar refractivity (Wildman–Crippen MR) is 74.8 cm³/mol. The van der Waals surface area contributed by atoms with Gasteiger partial charge in [-0.15, -0.1) is 11.3 Å². The van der Waals surface area contributed by atoms with Crippen molar-refractivity contribution in [2.24, 2.45) is 0 Å². The molecule has 2 rings (SSSR count). The number of carbonyl (C=O) groups excluding carboxylic acids is 1. The summed E-state index contributed by atoms with van der Waals surface area (Å²) in [5.74, 6) is -0.808. The maximum absolute atomic E-state index is 12.2. The van der Waals surface area contributed by atoms with Crippen molar-refractivity contribution in [3.63, 3.8) is 0 Å². The summed E-state index contributed by atoms with van der Waals surface area (Å²) in [6.45, 7) is 0. The summed E-state index contributed by atoms with van der Waals surface area (Å²) in [6.07, 6.45) is 0. The molecule has 0 spiro atoms. The number of aromatic nitrogens is 1. The van der Waals surface area contributed by atoms with E-state index in [0.29, 0.717) is 11.4 Å². The molecule has 1 aromatic heterocycles. The molecule has 0 radical (unpaired) electrons. The molecule has 0 bridgehead atoms. The first-order valence-corrected chi connectivity index (χ1v) is 6.52. The van der Waals surface area contributed by atoms with E-state index < -0.39 is 5.97 Å². The summed E-state index contributed by atoms with van der Waals surface area (Å²) in [6, 6.07) is 6.96. The van der Waals surface area contributed by atoms with Crippen LogP contribution < -0.4 is 9.64 Å². The Morgan fingerprint density at radius 2 is 1.95 bits per heavy atom. The molecule has 1 amide bonds. The van der Waals surface area contributed by atoms with Gasteiger partial charge in [0.15, 0.2) is 10.7 Å². The van der Waals surface area contributed by atoms with E-state index in [1.807, 2.05) is 0 Å². The van der Waals surface area contributed by atoms with E-state index in [9.17, 15) is 9.59 Å². The lowest BCUT2D eigenvalue weighted by Crippen LogP contribution is -2.26. The first-order chi connectivity index (χ1) is 9.52. The number of anilines is 1. The smallest absolute Gasteiger partial charge is 0.355 e. The Labute approximate surface area is 119 Å². The number of benzene rings is 1. The molecule has 0 aliphatic heterocycles. The van der Waals surface area contributed by atoms with Crippen LogP contribution in [0.2, 0.25) is 0 Å². The first-order valence-electron chi connectivity index (χ1n) is 5.64. The van der Waals surface area contributed by atoms with Crippen LogP contribution in [0.15, 0.2) is 29.6 Å². The number of ether oxygens (including phenoxy) is 1. The highest BCUT2D eigenvalue weighted by Gasteiger charge is 2.19. The number of thiazole rings is 1. The van der Waals surface area contributed by atoms with Crippen molar-refractivity contribution in [3.05, 3.63) is 40.3 Å². The lowest BCUT2D eigenvalue weighted by Gasteiger charge is -2.16. The van der Waals surface area contributed by atoms with Gasteiger partial charge in [0.05, 0.1) is 7.11 Å². The van der Waals surface area contributed by atoms with Crippen LogP contribution in [0.5, 0.6) is 5.75 Å². The van der Waals surface area contributed by atoms with Gasteiger partial charge in [-0.25, -0.2) is 9.78 Å². The summed E-state index contributed by atoms with van der Waals surface area (Å²) in [4.78, 5) is 28.1. The molecule has 2 aromatic rings. The van der Waals surface area contributed by atoms with Crippen LogP contribution in [0.3, 0.4) is 0 Å². The zero-order chi connectivity index (χ0) is 14.7. The molecule has 6 nitrogen and oxygen atoms in total. The number of carboxylic acids is 1. The van der Waals surface area contributed by atoms with Crippen LogP contribution in [-0.4, -0.2) is 36.1 Å². The fourth-order valence-corrected chi connectivity index (χ4v) is 2.30. The van der Waals surface area contributed by atoms with Gasteiger partial charge >= 0.3 is 5.97 Å². The summed E-state index contributed by atoms with van der Waals surface area (Å²) in [5, 5.41) is 10.3. The molecule has 0 unspecified atom stereocenters. The van der Waals surface area contributed by atoms with E-state index in [2.05, 4.69) is 4.98 Å². The number of hydrogen-bond acceptors (Lipinski definition) is 5. The molecule has 7 heteroatoms.